The lowest BCUT2D eigenvalue weighted by molar-refractivity contribution is -0.884. The Morgan fingerprint density at radius 2 is 2.07 bits per heavy atom. The molecule has 0 aliphatic heterocycles. The molecule has 1 aromatic heterocycles. The molecule has 2 rings (SSSR count). The van der Waals surface area contributed by atoms with Crippen LogP contribution in [0, 0.1) is 0 Å². The highest BCUT2D eigenvalue weighted by Gasteiger charge is 2.19. The molecule has 0 unspecified atom stereocenters. The van der Waals surface area contributed by atoms with Crippen molar-refractivity contribution in [1.82, 2.24) is 0 Å². The Morgan fingerprint density at radius 1 is 1.33 bits per heavy atom. The van der Waals surface area contributed by atoms with Crippen molar-refractivity contribution in [3.63, 3.8) is 0 Å². The Bertz CT molecular complexity index is 552. The molecule has 2 aromatic rings. The van der Waals surface area contributed by atoms with E-state index < -0.39 is 5.91 Å². The second-order valence-corrected chi connectivity index (χ2v) is 3.12. The quantitative estimate of drug-likeness (QED) is 0.458. The number of nitrogens with two attached hydrogens (primary N) is 1. The number of carbonyl (C=O) groups is 1. The molecular formula is C10H9N2O3+. The maximum atomic E-state index is 10.9. The molecule has 0 aliphatic carbocycles. The van der Waals surface area contributed by atoms with Gasteiger partial charge in [-0.05, 0) is 18.2 Å². The minimum atomic E-state index is -0.738. The van der Waals surface area contributed by atoms with E-state index in [1.54, 1.807) is 18.2 Å². The van der Waals surface area contributed by atoms with Gasteiger partial charge in [-0.25, -0.2) is 0 Å². The van der Waals surface area contributed by atoms with Crippen molar-refractivity contribution in [2.75, 3.05) is 0 Å². The van der Waals surface area contributed by atoms with Crippen LogP contribution in [-0.4, -0.2) is 16.2 Å². The Kier molecular flexibility index (Phi) is 1.93. The third-order valence-corrected chi connectivity index (χ3v) is 2.18. The van der Waals surface area contributed by atoms with Crippen LogP contribution in [-0.2, 0) is 0 Å². The largest absolute Gasteiger partial charge is 0.502 e. The number of fused-ring (bicyclic) bond motifs is 1. The van der Waals surface area contributed by atoms with Gasteiger partial charge in [0.15, 0.2) is 0 Å². The predicted molar refractivity (Wildman–Crippen MR) is 51.5 cm³/mol. The lowest BCUT2D eigenvalue weighted by Crippen LogP contribution is -2.30. The highest BCUT2D eigenvalue weighted by Crippen LogP contribution is 2.24. The maximum absolute atomic E-state index is 10.9. The molecule has 0 spiro atoms. The molecule has 76 valence electrons. The second-order valence-electron chi connectivity index (χ2n) is 3.12. The van der Waals surface area contributed by atoms with Gasteiger partial charge in [0.25, 0.3) is 5.91 Å². The second kappa shape index (κ2) is 3.13. The Labute approximate surface area is 85.0 Å². The summed E-state index contributed by atoms with van der Waals surface area (Å²) in [5.74, 6) is -1.05. The van der Waals surface area contributed by atoms with E-state index in [0.29, 0.717) is 5.39 Å². The van der Waals surface area contributed by atoms with Crippen molar-refractivity contribution in [2.45, 2.75) is 0 Å². The number of carbonyl (C=O) groups excluding carboxylic acids is 1. The van der Waals surface area contributed by atoms with Gasteiger partial charge in [-0.3, -0.25) is 10.0 Å². The van der Waals surface area contributed by atoms with Crippen LogP contribution in [0.5, 0.6) is 5.75 Å². The standard InChI is InChI=1S/C10H8N2O3/c11-10(14)7-4-3-6-2-1-5-12(15)8(6)9(7)13/h1-5H,(H3-,11,13,14,15)/p+1. The first-order valence-electron chi connectivity index (χ1n) is 4.26. The molecule has 15 heavy (non-hydrogen) atoms. The number of amides is 1. The number of hydrogen-bond acceptors (Lipinski definition) is 3. The molecule has 0 radical (unpaired) electrons. The Hall–Kier alpha value is -2.30. The lowest BCUT2D eigenvalue weighted by Gasteiger charge is -2.00. The van der Waals surface area contributed by atoms with E-state index in [1.165, 1.54) is 12.3 Å². The zero-order valence-corrected chi connectivity index (χ0v) is 7.71. The molecule has 1 heterocycles. The number of aromatic hydroxyl groups is 1. The molecule has 1 amide bonds. The summed E-state index contributed by atoms with van der Waals surface area (Å²) in [6.07, 6.45) is 1.35. The first-order chi connectivity index (χ1) is 7.11. The number of primary amides is 1. The van der Waals surface area contributed by atoms with E-state index in [0.717, 1.165) is 4.73 Å². The molecule has 5 nitrogen and oxygen atoms in total. The summed E-state index contributed by atoms with van der Waals surface area (Å²) in [6, 6.07) is 6.33. The SMILES string of the molecule is NC(=O)c1ccc2ccc[n+](O)c2c1O. The van der Waals surface area contributed by atoms with Crippen molar-refractivity contribution < 1.29 is 19.8 Å². The number of pyridine rings is 1. The first kappa shape index (κ1) is 9.26. The monoisotopic (exact) mass is 205 g/mol. The average molecular weight is 205 g/mol. The normalized spacial score (nSPS) is 10.4. The molecule has 0 atom stereocenters. The fourth-order valence-electron chi connectivity index (χ4n) is 1.47. The van der Waals surface area contributed by atoms with Crippen LogP contribution in [0.4, 0.5) is 0 Å². The molecule has 0 bridgehead atoms. The summed E-state index contributed by atoms with van der Waals surface area (Å²) < 4.78 is 0.747. The molecule has 1 aromatic carbocycles. The number of nitrogens with zero attached hydrogens (tertiary/aromatic N) is 1. The summed E-state index contributed by atoms with van der Waals surface area (Å²) >= 11 is 0. The minimum absolute atomic E-state index is 0.0171. The van der Waals surface area contributed by atoms with Crippen LogP contribution in [0.15, 0.2) is 30.5 Å². The van der Waals surface area contributed by atoms with Crippen LogP contribution >= 0.6 is 0 Å². The Morgan fingerprint density at radius 3 is 2.73 bits per heavy atom. The fourth-order valence-corrected chi connectivity index (χ4v) is 1.47. The van der Waals surface area contributed by atoms with Crippen molar-refractivity contribution in [3.05, 3.63) is 36.0 Å². The number of rotatable bonds is 1. The average Bonchev–Trinajstić information content (AvgIpc) is 2.17. The zero-order chi connectivity index (χ0) is 11.0. The van der Waals surface area contributed by atoms with Crippen LogP contribution in [0.2, 0.25) is 0 Å². The highest BCUT2D eigenvalue weighted by molar-refractivity contribution is 6.00. The van der Waals surface area contributed by atoms with Gasteiger partial charge in [0.1, 0.15) is 0 Å². The van der Waals surface area contributed by atoms with E-state index in [2.05, 4.69) is 0 Å². The summed E-state index contributed by atoms with van der Waals surface area (Å²) in [6.45, 7) is 0. The third-order valence-electron chi connectivity index (χ3n) is 2.18. The summed E-state index contributed by atoms with van der Waals surface area (Å²) in [4.78, 5) is 10.9. The minimum Gasteiger partial charge on any atom is -0.502 e. The molecule has 0 saturated carbocycles. The molecular weight excluding hydrogens is 196 g/mol. The Balaban J connectivity index is 2.89. The topological polar surface area (TPSA) is 87.4 Å². The molecule has 4 N–H and O–H groups in total. The van der Waals surface area contributed by atoms with Crippen molar-refractivity contribution in [2.24, 2.45) is 5.73 Å². The summed E-state index contributed by atoms with van der Waals surface area (Å²) in [7, 11) is 0. The van der Waals surface area contributed by atoms with Crippen molar-refractivity contribution in [3.8, 4) is 5.75 Å². The van der Waals surface area contributed by atoms with Crippen molar-refractivity contribution in [1.29, 1.82) is 0 Å². The lowest BCUT2D eigenvalue weighted by atomic mass is 10.1. The van der Waals surface area contributed by atoms with Crippen LogP contribution in [0.3, 0.4) is 0 Å². The van der Waals surface area contributed by atoms with Gasteiger partial charge in [-0.1, -0.05) is 0 Å². The third kappa shape index (κ3) is 1.34. The van der Waals surface area contributed by atoms with E-state index in [1.807, 2.05) is 0 Å². The van der Waals surface area contributed by atoms with Crippen LogP contribution in [0.25, 0.3) is 10.9 Å². The van der Waals surface area contributed by atoms with Gasteiger partial charge in [-0.2, -0.15) is 0 Å². The fraction of sp³-hybridized carbons (Fsp3) is 0. The van der Waals surface area contributed by atoms with Gasteiger partial charge in [0.05, 0.1) is 10.9 Å². The van der Waals surface area contributed by atoms with Crippen LogP contribution in [0.1, 0.15) is 10.4 Å². The number of phenols is 1. The molecule has 0 saturated heterocycles. The van der Waals surface area contributed by atoms with Crippen LogP contribution < -0.4 is 10.5 Å². The smallest absolute Gasteiger partial charge is 0.306 e. The van der Waals surface area contributed by atoms with E-state index >= 15 is 0 Å². The van der Waals surface area contributed by atoms with E-state index in [4.69, 9.17) is 5.73 Å². The molecule has 5 heteroatoms. The molecule has 0 aliphatic rings. The number of hydrogen-bond donors (Lipinski definition) is 3. The van der Waals surface area contributed by atoms with E-state index in [9.17, 15) is 15.1 Å². The van der Waals surface area contributed by atoms with E-state index in [-0.39, 0.29) is 16.8 Å². The zero-order valence-electron chi connectivity index (χ0n) is 7.71. The van der Waals surface area contributed by atoms with Gasteiger partial charge < -0.3 is 10.8 Å². The van der Waals surface area contributed by atoms with Crippen molar-refractivity contribution >= 4 is 16.8 Å². The summed E-state index contributed by atoms with van der Waals surface area (Å²) in [5, 5.41) is 19.8. The first-order valence-corrected chi connectivity index (χ1v) is 4.26. The number of benzene rings is 1. The number of aromatic nitrogens is 1. The van der Waals surface area contributed by atoms with Gasteiger partial charge in [0.2, 0.25) is 11.9 Å². The molecule has 0 fully saturated rings. The predicted octanol–water partition coefficient (Wildman–Crippen LogP) is 0.169. The maximum Gasteiger partial charge on any atom is 0.306 e. The summed E-state index contributed by atoms with van der Waals surface area (Å²) in [5.41, 5.74) is 5.21. The van der Waals surface area contributed by atoms with Gasteiger partial charge in [0, 0.05) is 10.8 Å². The highest BCUT2D eigenvalue weighted by atomic mass is 16.5. The van der Waals surface area contributed by atoms with Gasteiger partial charge in [-0.15, -0.1) is 0 Å². The van der Waals surface area contributed by atoms with Gasteiger partial charge >= 0.3 is 5.52 Å².